The molecule has 1 fully saturated rings. The van der Waals surface area contributed by atoms with Gasteiger partial charge < -0.3 is 0 Å². The summed E-state index contributed by atoms with van der Waals surface area (Å²) in [4.78, 5) is 10.9. The van der Waals surface area contributed by atoms with E-state index in [9.17, 15) is 13.6 Å². The van der Waals surface area contributed by atoms with Crippen molar-refractivity contribution in [3.8, 4) is 0 Å². The average molecular weight is 196 g/mol. The molecule has 0 heterocycles. The molecule has 74 valence electrons. The van der Waals surface area contributed by atoms with Crippen LogP contribution in [0.4, 0.5) is 8.78 Å². The summed E-state index contributed by atoms with van der Waals surface area (Å²) >= 11 is 0. The van der Waals surface area contributed by atoms with E-state index in [1.165, 1.54) is 12.1 Å². The summed E-state index contributed by atoms with van der Waals surface area (Å²) in [6.07, 6.45) is 0.770. The average Bonchev–Trinajstić information content (AvgIpc) is 1.99. The molecule has 0 aliphatic heterocycles. The molecular formula is C11H10F2O. The Hall–Kier alpha value is -1.25. The van der Waals surface area contributed by atoms with Crippen molar-refractivity contribution in [2.45, 2.75) is 25.2 Å². The highest BCUT2D eigenvalue weighted by Gasteiger charge is 2.40. The number of ketones is 1. The van der Waals surface area contributed by atoms with Crippen molar-refractivity contribution < 1.29 is 13.6 Å². The van der Waals surface area contributed by atoms with Crippen molar-refractivity contribution in [1.82, 2.24) is 0 Å². The third-order valence-electron chi connectivity index (χ3n) is 2.73. The summed E-state index contributed by atoms with van der Waals surface area (Å²) in [5.41, 5.74) is 0.217. The van der Waals surface area contributed by atoms with Gasteiger partial charge in [-0.3, -0.25) is 4.79 Å². The predicted molar refractivity (Wildman–Crippen MR) is 48.0 cm³/mol. The van der Waals surface area contributed by atoms with Crippen LogP contribution >= 0.6 is 0 Å². The highest BCUT2D eigenvalue weighted by molar-refractivity contribution is 5.88. The Morgan fingerprint density at radius 2 is 1.64 bits per heavy atom. The van der Waals surface area contributed by atoms with E-state index in [2.05, 4.69) is 0 Å². The fourth-order valence-corrected chi connectivity index (χ4v) is 1.92. The van der Waals surface area contributed by atoms with Gasteiger partial charge in [0.25, 0.3) is 0 Å². The molecule has 1 saturated carbocycles. The zero-order valence-electron chi connectivity index (χ0n) is 7.81. The molecule has 1 aliphatic rings. The molecule has 1 nitrogen and oxygen atoms in total. The Labute approximate surface area is 80.7 Å². The van der Waals surface area contributed by atoms with Crippen molar-refractivity contribution in [1.29, 1.82) is 0 Å². The van der Waals surface area contributed by atoms with Gasteiger partial charge in [0.05, 0.1) is 0 Å². The second-order valence-electron chi connectivity index (χ2n) is 4.11. The maximum absolute atomic E-state index is 12.9. The van der Waals surface area contributed by atoms with Gasteiger partial charge in [0.2, 0.25) is 0 Å². The van der Waals surface area contributed by atoms with Gasteiger partial charge in [-0.05, 0) is 17.7 Å². The number of carbonyl (C=O) groups is 1. The number of hydrogen-bond donors (Lipinski definition) is 0. The van der Waals surface area contributed by atoms with Crippen LogP contribution in [0, 0.1) is 11.6 Å². The van der Waals surface area contributed by atoms with Crippen molar-refractivity contribution in [2.24, 2.45) is 0 Å². The Kier molecular flexibility index (Phi) is 1.91. The van der Waals surface area contributed by atoms with Gasteiger partial charge in [-0.25, -0.2) is 8.78 Å². The first-order valence-corrected chi connectivity index (χ1v) is 4.48. The normalized spacial score (nSPS) is 19.2. The molecule has 0 N–H and O–H groups in total. The topological polar surface area (TPSA) is 17.1 Å². The van der Waals surface area contributed by atoms with Crippen LogP contribution < -0.4 is 0 Å². The number of benzene rings is 1. The SMILES string of the molecule is CC1(c2cc(F)cc(F)c2)CC(=O)C1. The lowest BCUT2D eigenvalue weighted by molar-refractivity contribution is -0.127. The largest absolute Gasteiger partial charge is 0.300 e. The zero-order valence-corrected chi connectivity index (χ0v) is 7.81. The van der Waals surface area contributed by atoms with Crippen LogP contribution in [0.15, 0.2) is 18.2 Å². The molecule has 14 heavy (non-hydrogen) atoms. The zero-order chi connectivity index (χ0) is 10.3. The Morgan fingerprint density at radius 1 is 1.14 bits per heavy atom. The fraction of sp³-hybridized carbons (Fsp3) is 0.364. The molecular weight excluding hydrogens is 186 g/mol. The molecule has 0 saturated heterocycles. The lowest BCUT2D eigenvalue weighted by Crippen LogP contribution is -2.38. The number of carbonyl (C=O) groups excluding carboxylic acids is 1. The van der Waals surface area contributed by atoms with Crippen LogP contribution in [0.5, 0.6) is 0 Å². The predicted octanol–water partition coefficient (Wildman–Crippen LogP) is 2.59. The van der Waals surface area contributed by atoms with Crippen molar-refractivity contribution in [2.75, 3.05) is 0 Å². The molecule has 0 radical (unpaired) electrons. The first-order chi connectivity index (χ1) is 6.49. The minimum absolute atomic E-state index is 0.150. The summed E-state index contributed by atoms with van der Waals surface area (Å²) in [6.45, 7) is 1.85. The van der Waals surface area contributed by atoms with E-state index in [-0.39, 0.29) is 11.2 Å². The maximum atomic E-state index is 12.9. The van der Waals surface area contributed by atoms with Crippen LogP contribution in [0.25, 0.3) is 0 Å². The van der Waals surface area contributed by atoms with E-state index in [1.807, 2.05) is 6.92 Å². The van der Waals surface area contributed by atoms with E-state index in [0.29, 0.717) is 18.4 Å². The molecule has 3 heteroatoms. The molecule has 1 aliphatic carbocycles. The van der Waals surface area contributed by atoms with E-state index >= 15 is 0 Å². The fourth-order valence-electron chi connectivity index (χ4n) is 1.92. The Bertz CT molecular complexity index is 370. The second-order valence-corrected chi connectivity index (χ2v) is 4.11. The third kappa shape index (κ3) is 1.43. The number of rotatable bonds is 1. The molecule has 0 atom stereocenters. The van der Waals surface area contributed by atoms with Gasteiger partial charge in [0.1, 0.15) is 17.4 Å². The van der Waals surface area contributed by atoms with E-state index < -0.39 is 11.6 Å². The summed E-state index contributed by atoms with van der Waals surface area (Å²) in [5.74, 6) is -1.02. The standard InChI is InChI=1S/C11H10F2O/c1-11(5-10(14)6-11)7-2-8(12)4-9(13)3-7/h2-4H,5-6H2,1H3. The van der Waals surface area contributed by atoms with Crippen molar-refractivity contribution in [3.63, 3.8) is 0 Å². The first kappa shape index (κ1) is 9.31. The number of hydrogen-bond acceptors (Lipinski definition) is 1. The smallest absolute Gasteiger partial charge is 0.134 e. The summed E-state index contributed by atoms with van der Waals surface area (Å²) < 4.78 is 25.8. The molecule has 0 spiro atoms. The van der Waals surface area contributed by atoms with Crippen LogP contribution in [0.1, 0.15) is 25.3 Å². The second kappa shape index (κ2) is 2.87. The lowest BCUT2D eigenvalue weighted by Gasteiger charge is -2.37. The van der Waals surface area contributed by atoms with Gasteiger partial charge in [-0.2, -0.15) is 0 Å². The van der Waals surface area contributed by atoms with E-state index in [0.717, 1.165) is 6.07 Å². The molecule has 0 amide bonds. The van der Waals surface area contributed by atoms with Crippen molar-refractivity contribution >= 4 is 5.78 Å². The van der Waals surface area contributed by atoms with Crippen LogP contribution in [-0.2, 0) is 10.2 Å². The quantitative estimate of drug-likeness (QED) is 0.674. The Morgan fingerprint density at radius 3 is 2.07 bits per heavy atom. The molecule has 0 unspecified atom stereocenters. The molecule has 1 aromatic carbocycles. The van der Waals surface area contributed by atoms with Crippen LogP contribution in [0.3, 0.4) is 0 Å². The van der Waals surface area contributed by atoms with Gasteiger partial charge in [0.15, 0.2) is 0 Å². The van der Waals surface area contributed by atoms with Gasteiger partial charge in [-0.1, -0.05) is 6.92 Å². The summed E-state index contributed by atoms with van der Waals surface area (Å²) in [5, 5.41) is 0. The third-order valence-corrected chi connectivity index (χ3v) is 2.73. The monoisotopic (exact) mass is 196 g/mol. The highest BCUT2D eigenvalue weighted by Crippen LogP contribution is 2.40. The highest BCUT2D eigenvalue weighted by atomic mass is 19.1. The maximum Gasteiger partial charge on any atom is 0.134 e. The molecule has 2 rings (SSSR count). The van der Waals surface area contributed by atoms with Gasteiger partial charge >= 0.3 is 0 Å². The summed E-state index contributed by atoms with van der Waals surface area (Å²) in [7, 11) is 0. The van der Waals surface area contributed by atoms with Gasteiger partial charge in [-0.15, -0.1) is 0 Å². The van der Waals surface area contributed by atoms with E-state index in [1.54, 1.807) is 0 Å². The minimum Gasteiger partial charge on any atom is -0.300 e. The Balaban J connectivity index is 2.37. The molecule has 0 bridgehead atoms. The van der Waals surface area contributed by atoms with Crippen molar-refractivity contribution in [3.05, 3.63) is 35.4 Å². The van der Waals surface area contributed by atoms with Crippen LogP contribution in [-0.4, -0.2) is 5.78 Å². The van der Waals surface area contributed by atoms with Crippen LogP contribution in [0.2, 0.25) is 0 Å². The van der Waals surface area contributed by atoms with Gasteiger partial charge in [0, 0.05) is 24.3 Å². The number of Topliss-reactive ketones (excluding diaryl/α,β-unsaturated/α-hetero) is 1. The molecule has 0 aromatic heterocycles. The lowest BCUT2D eigenvalue weighted by atomic mass is 9.65. The number of halogens is 2. The minimum atomic E-state index is -0.583. The first-order valence-electron chi connectivity index (χ1n) is 4.48. The van der Waals surface area contributed by atoms with E-state index in [4.69, 9.17) is 0 Å². The summed E-state index contributed by atoms with van der Waals surface area (Å²) in [6, 6.07) is 3.44. The molecule has 1 aromatic rings.